The average Bonchev–Trinajstić information content (AvgIpc) is 2.02. The summed E-state index contributed by atoms with van der Waals surface area (Å²) >= 11 is 0. The Bertz CT molecular complexity index is 173. The smallest absolute Gasteiger partial charge is 0.132 e. The second-order valence-electron chi connectivity index (χ2n) is 3.81. The molecule has 0 aromatic carbocycles. The highest BCUT2D eigenvalue weighted by Gasteiger charge is 2.06. The van der Waals surface area contributed by atoms with E-state index in [-0.39, 0.29) is 17.5 Å². The molecule has 0 bridgehead atoms. The molecule has 0 saturated carbocycles. The molecular formula is C11H20O2. The van der Waals surface area contributed by atoms with Gasteiger partial charge in [-0.25, -0.2) is 0 Å². The van der Waals surface area contributed by atoms with E-state index in [1.807, 2.05) is 6.92 Å². The van der Waals surface area contributed by atoms with Crippen LogP contribution in [0.5, 0.6) is 0 Å². The van der Waals surface area contributed by atoms with Gasteiger partial charge in [-0.3, -0.25) is 4.79 Å². The van der Waals surface area contributed by atoms with Gasteiger partial charge in [-0.2, -0.15) is 0 Å². The van der Waals surface area contributed by atoms with Gasteiger partial charge in [0.2, 0.25) is 0 Å². The second-order valence-corrected chi connectivity index (χ2v) is 3.81. The third-order valence-corrected chi connectivity index (χ3v) is 2.36. The Morgan fingerprint density at radius 3 is 2.15 bits per heavy atom. The van der Waals surface area contributed by atoms with Crippen LogP contribution in [0, 0.1) is 5.92 Å². The molecule has 0 radical (unpaired) electrons. The lowest BCUT2D eigenvalue weighted by atomic mass is 9.99. The van der Waals surface area contributed by atoms with E-state index in [2.05, 4.69) is 0 Å². The number of hydrogen-bond donors (Lipinski definition) is 0. The Kier molecular flexibility index (Phi) is 6.47. The standard InChI is InChI=1S/C11H20O2/c1-9(11(3)13)7-5-4-6-8-10(2)12/h9H,4-8H2,1-3H3. The van der Waals surface area contributed by atoms with Gasteiger partial charge in [-0.05, 0) is 26.7 Å². The van der Waals surface area contributed by atoms with Crippen LogP contribution in [0.2, 0.25) is 0 Å². The summed E-state index contributed by atoms with van der Waals surface area (Å²) in [6.45, 7) is 5.23. The van der Waals surface area contributed by atoms with Crippen molar-refractivity contribution in [1.29, 1.82) is 0 Å². The molecule has 0 amide bonds. The predicted octanol–water partition coefficient (Wildman–Crippen LogP) is 2.75. The lowest BCUT2D eigenvalue weighted by Crippen LogP contribution is -2.05. The molecule has 1 atom stereocenters. The minimum atomic E-state index is 0.192. The SMILES string of the molecule is CC(=O)CCCCCC(C)C(C)=O. The minimum absolute atomic E-state index is 0.192. The predicted molar refractivity (Wildman–Crippen MR) is 53.6 cm³/mol. The zero-order chi connectivity index (χ0) is 10.3. The highest BCUT2D eigenvalue weighted by molar-refractivity contribution is 5.77. The van der Waals surface area contributed by atoms with Gasteiger partial charge < -0.3 is 4.79 Å². The Hall–Kier alpha value is -0.660. The monoisotopic (exact) mass is 184 g/mol. The van der Waals surface area contributed by atoms with E-state index in [0.717, 1.165) is 25.7 Å². The molecule has 0 saturated heterocycles. The number of rotatable bonds is 7. The Balaban J connectivity index is 3.26. The molecule has 76 valence electrons. The molecule has 0 N–H and O–H groups in total. The van der Waals surface area contributed by atoms with Crippen molar-refractivity contribution in [1.82, 2.24) is 0 Å². The van der Waals surface area contributed by atoms with Crippen molar-refractivity contribution in [3.63, 3.8) is 0 Å². The maximum Gasteiger partial charge on any atom is 0.132 e. The Morgan fingerprint density at radius 2 is 1.69 bits per heavy atom. The van der Waals surface area contributed by atoms with Gasteiger partial charge in [-0.1, -0.05) is 19.8 Å². The molecular weight excluding hydrogens is 164 g/mol. The maximum absolute atomic E-state index is 10.9. The van der Waals surface area contributed by atoms with Gasteiger partial charge in [0, 0.05) is 12.3 Å². The Morgan fingerprint density at radius 1 is 1.08 bits per heavy atom. The first-order valence-electron chi connectivity index (χ1n) is 5.04. The van der Waals surface area contributed by atoms with E-state index in [0.29, 0.717) is 6.42 Å². The van der Waals surface area contributed by atoms with Crippen LogP contribution in [0.25, 0.3) is 0 Å². The van der Waals surface area contributed by atoms with Crippen LogP contribution in [0.1, 0.15) is 52.9 Å². The van der Waals surface area contributed by atoms with Crippen LogP contribution < -0.4 is 0 Å². The highest BCUT2D eigenvalue weighted by atomic mass is 16.1. The molecule has 2 heteroatoms. The largest absolute Gasteiger partial charge is 0.300 e. The van der Waals surface area contributed by atoms with Crippen molar-refractivity contribution < 1.29 is 9.59 Å². The molecule has 2 nitrogen and oxygen atoms in total. The quantitative estimate of drug-likeness (QED) is 0.570. The molecule has 0 aromatic rings. The Labute approximate surface area is 80.7 Å². The van der Waals surface area contributed by atoms with Crippen molar-refractivity contribution >= 4 is 11.6 Å². The third kappa shape index (κ3) is 7.69. The van der Waals surface area contributed by atoms with Gasteiger partial charge in [-0.15, -0.1) is 0 Å². The summed E-state index contributed by atoms with van der Waals surface area (Å²) in [6, 6.07) is 0. The van der Waals surface area contributed by atoms with E-state index in [1.165, 1.54) is 0 Å². The minimum Gasteiger partial charge on any atom is -0.300 e. The fourth-order valence-corrected chi connectivity index (χ4v) is 1.20. The summed E-state index contributed by atoms with van der Waals surface area (Å²) in [6.07, 6.45) is 4.76. The maximum atomic E-state index is 10.9. The van der Waals surface area contributed by atoms with Crippen LogP contribution in [-0.4, -0.2) is 11.6 Å². The number of hydrogen-bond acceptors (Lipinski definition) is 2. The van der Waals surface area contributed by atoms with Gasteiger partial charge in [0.1, 0.15) is 11.6 Å². The van der Waals surface area contributed by atoms with E-state index >= 15 is 0 Å². The van der Waals surface area contributed by atoms with Gasteiger partial charge in [0.15, 0.2) is 0 Å². The fraction of sp³-hybridized carbons (Fsp3) is 0.818. The summed E-state index contributed by atoms with van der Waals surface area (Å²) in [5.74, 6) is 0.725. The number of unbranched alkanes of at least 4 members (excludes halogenated alkanes) is 2. The molecule has 0 heterocycles. The van der Waals surface area contributed by atoms with Crippen LogP contribution in [0.3, 0.4) is 0 Å². The summed E-state index contributed by atoms with van der Waals surface area (Å²) in [5, 5.41) is 0. The first kappa shape index (κ1) is 12.3. The first-order valence-corrected chi connectivity index (χ1v) is 5.04. The van der Waals surface area contributed by atoms with E-state index in [4.69, 9.17) is 0 Å². The molecule has 0 rings (SSSR count). The number of Topliss-reactive ketones (excluding diaryl/α,β-unsaturated/α-hetero) is 2. The summed E-state index contributed by atoms with van der Waals surface area (Å²) in [7, 11) is 0. The van der Waals surface area contributed by atoms with Crippen LogP contribution in [0.15, 0.2) is 0 Å². The van der Waals surface area contributed by atoms with Crippen molar-refractivity contribution in [2.24, 2.45) is 5.92 Å². The van der Waals surface area contributed by atoms with Crippen molar-refractivity contribution in [2.45, 2.75) is 52.9 Å². The number of carbonyl (C=O) groups excluding carboxylic acids is 2. The van der Waals surface area contributed by atoms with E-state index in [9.17, 15) is 9.59 Å². The van der Waals surface area contributed by atoms with Gasteiger partial charge in [0.05, 0.1) is 0 Å². The van der Waals surface area contributed by atoms with Crippen LogP contribution in [-0.2, 0) is 9.59 Å². The lowest BCUT2D eigenvalue weighted by molar-refractivity contribution is -0.120. The van der Waals surface area contributed by atoms with Crippen molar-refractivity contribution in [3.8, 4) is 0 Å². The van der Waals surface area contributed by atoms with Gasteiger partial charge >= 0.3 is 0 Å². The molecule has 0 aliphatic carbocycles. The molecule has 1 unspecified atom stereocenters. The number of carbonyl (C=O) groups is 2. The summed E-state index contributed by atoms with van der Waals surface area (Å²) < 4.78 is 0. The van der Waals surface area contributed by atoms with E-state index < -0.39 is 0 Å². The zero-order valence-electron chi connectivity index (χ0n) is 8.93. The fourth-order valence-electron chi connectivity index (χ4n) is 1.20. The molecule has 13 heavy (non-hydrogen) atoms. The molecule has 0 fully saturated rings. The summed E-state index contributed by atoms with van der Waals surface area (Å²) in [5.41, 5.74) is 0. The molecule has 0 aliphatic rings. The van der Waals surface area contributed by atoms with Crippen molar-refractivity contribution in [2.75, 3.05) is 0 Å². The topological polar surface area (TPSA) is 34.1 Å². The summed E-state index contributed by atoms with van der Waals surface area (Å²) in [4.78, 5) is 21.5. The molecule has 0 aromatic heterocycles. The van der Waals surface area contributed by atoms with Crippen molar-refractivity contribution in [3.05, 3.63) is 0 Å². The van der Waals surface area contributed by atoms with E-state index in [1.54, 1.807) is 13.8 Å². The first-order chi connectivity index (χ1) is 6.04. The molecule has 0 aliphatic heterocycles. The third-order valence-electron chi connectivity index (χ3n) is 2.36. The van der Waals surface area contributed by atoms with Crippen LogP contribution >= 0.6 is 0 Å². The van der Waals surface area contributed by atoms with Gasteiger partial charge in [0.25, 0.3) is 0 Å². The van der Waals surface area contributed by atoms with Crippen LogP contribution in [0.4, 0.5) is 0 Å². The number of ketones is 2. The average molecular weight is 184 g/mol. The zero-order valence-corrected chi connectivity index (χ0v) is 8.93. The lowest BCUT2D eigenvalue weighted by Gasteiger charge is -2.05. The normalized spacial score (nSPS) is 12.5. The second kappa shape index (κ2) is 6.81. The molecule has 0 spiro atoms. The highest BCUT2D eigenvalue weighted by Crippen LogP contribution is 2.11.